The molecule has 3 rings (SSSR count). The fraction of sp³-hybridized carbons (Fsp3) is 0.857. The van der Waals surface area contributed by atoms with Crippen molar-refractivity contribution in [3.8, 4) is 0 Å². The molecule has 5 atom stereocenters. The van der Waals surface area contributed by atoms with Crippen molar-refractivity contribution in [1.29, 1.82) is 0 Å². The van der Waals surface area contributed by atoms with Gasteiger partial charge in [0, 0.05) is 0 Å². The number of fused-ring (bicyclic) bond motifs is 5. The van der Waals surface area contributed by atoms with E-state index < -0.39 is 0 Å². The van der Waals surface area contributed by atoms with Crippen LogP contribution in [-0.2, 0) is 4.74 Å². The van der Waals surface area contributed by atoms with Gasteiger partial charge in [0.1, 0.15) is 0 Å². The zero-order valence-corrected chi connectivity index (χ0v) is 10.1. The molecule has 0 aliphatic heterocycles. The summed E-state index contributed by atoms with van der Waals surface area (Å²) in [6, 6.07) is 0. The molecule has 84 valence electrons. The van der Waals surface area contributed by atoms with E-state index in [2.05, 4.69) is 32.9 Å². The molecule has 3 aliphatic carbocycles. The van der Waals surface area contributed by atoms with Gasteiger partial charge >= 0.3 is 0 Å². The van der Waals surface area contributed by atoms with Gasteiger partial charge in [-0.05, 0) is 63.7 Å². The average Bonchev–Trinajstić information content (AvgIpc) is 2.72. The Hall–Kier alpha value is -0.300. The lowest BCUT2D eigenvalue weighted by Crippen LogP contribution is -2.34. The summed E-state index contributed by atoms with van der Waals surface area (Å²) in [6.07, 6.45) is 9.60. The summed E-state index contributed by atoms with van der Waals surface area (Å²) < 4.78 is 6.18. The fourth-order valence-electron chi connectivity index (χ4n) is 4.05. The topological polar surface area (TPSA) is 9.23 Å². The molecule has 0 amide bonds. The Morgan fingerprint density at radius 2 is 1.80 bits per heavy atom. The highest BCUT2D eigenvalue weighted by Crippen LogP contribution is 2.57. The van der Waals surface area contributed by atoms with Crippen LogP contribution in [0.15, 0.2) is 12.2 Å². The van der Waals surface area contributed by atoms with Crippen molar-refractivity contribution >= 4 is 0 Å². The molecule has 1 nitrogen and oxygen atoms in total. The molecule has 0 heterocycles. The van der Waals surface area contributed by atoms with Crippen LogP contribution in [0.1, 0.15) is 40.0 Å². The summed E-state index contributed by atoms with van der Waals surface area (Å²) in [4.78, 5) is 0. The van der Waals surface area contributed by atoms with Crippen LogP contribution in [0.25, 0.3) is 0 Å². The van der Waals surface area contributed by atoms with Gasteiger partial charge in [-0.25, -0.2) is 0 Å². The van der Waals surface area contributed by atoms with Gasteiger partial charge in [-0.2, -0.15) is 0 Å². The third-order valence-corrected chi connectivity index (χ3v) is 4.44. The molecule has 0 aromatic heterocycles. The van der Waals surface area contributed by atoms with Crippen molar-refractivity contribution in [1.82, 2.24) is 0 Å². The standard InChI is InChI=1S/C14H22O/c1-14(2,3)15-12-7-6-11-9-4-5-10(8-9)13(11)12/h6-7,9-13H,4-5,8H2,1-3H3/t9-,10+,11?,12+,13?/m0/s1. The monoisotopic (exact) mass is 206 g/mol. The van der Waals surface area contributed by atoms with Crippen LogP contribution >= 0.6 is 0 Å². The highest BCUT2D eigenvalue weighted by atomic mass is 16.5. The minimum atomic E-state index is 0.00568. The quantitative estimate of drug-likeness (QED) is 0.597. The van der Waals surface area contributed by atoms with Crippen LogP contribution in [0.3, 0.4) is 0 Å². The maximum absolute atomic E-state index is 6.18. The third-order valence-electron chi connectivity index (χ3n) is 4.44. The lowest BCUT2D eigenvalue weighted by atomic mass is 9.80. The molecular formula is C14H22O. The first-order valence-electron chi connectivity index (χ1n) is 6.41. The normalized spacial score (nSPS) is 47.5. The summed E-state index contributed by atoms with van der Waals surface area (Å²) in [5, 5.41) is 0. The maximum atomic E-state index is 6.18. The van der Waals surface area contributed by atoms with Crippen molar-refractivity contribution in [2.75, 3.05) is 0 Å². The predicted molar refractivity (Wildman–Crippen MR) is 61.6 cm³/mol. The molecule has 0 aromatic carbocycles. The van der Waals surface area contributed by atoms with E-state index in [1.165, 1.54) is 19.3 Å². The van der Waals surface area contributed by atoms with Crippen LogP contribution in [0.5, 0.6) is 0 Å². The lowest BCUT2D eigenvalue weighted by molar-refractivity contribution is -0.0715. The molecule has 2 fully saturated rings. The molecule has 1 heteroatoms. The van der Waals surface area contributed by atoms with Crippen LogP contribution in [0, 0.1) is 23.7 Å². The summed E-state index contributed by atoms with van der Waals surface area (Å²) >= 11 is 0. The third kappa shape index (κ3) is 1.56. The molecule has 0 saturated heterocycles. The van der Waals surface area contributed by atoms with Crippen molar-refractivity contribution < 1.29 is 4.74 Å². The molecule has 0 radical (unpaired) electrons. The average molecular weight is 206 g/mol. The molecule has 0 spiro atoms. The minimum absolute atomic E-state index is 0.00568. The van der Waals surface area contributed by atoms with Crippen molar-refractivity contribution in [2.24, 2.45) is 23.7 Å². The van der Waals surface area contributed by atoms with Crippen LogP contribution in [0.4, 0.5) is 0 Å². The van der Waals surface area contributed by atoms with Gasteiger partial charge in [-0.1, -0.05) is 12.2 Å². The van der Waals surface area contributed by atoms with E-state index in [0.717, 1.165) is 23.7 Å². The second-order valence-corrected chi connectivity index (χ2v) is 6.57. The van der Waals surface area contributed by atoms with E-state index in [9.17, 15) is 0 Å². The van der Waals surface area contributed by atoms with E-state index in [1.54, 1.807) is 0 Å². The second-order valence-electron chi connectivity index (χ2n) is 6.57. The van der Waals surface area contributed by atoms with E-state index in [4.69, 9.17) is 4.74 Å². The predicted octanol–water partition coefficient (Wildman–Crippen LogP) is 3.40. The van der Waals surface area contributed by atoms with Gasteiger partial charge < -0.3 is 4.74 Å². The Balaban J connectivity index is 1.75. The zero-order chi connectivity index (χ0) is 10.6. The second kappa shape index (κ2) is 3.10. The van der Waals surface area contributed by atoms with Gasteiger partial charge in [-0.15, -0.1) is 0 Å². The molecule has 2 saturated carbocycles. The Bertz CT molecular complexity index is 286. The number of rotatable bonds is 1. The summed E-state index contributed by atoms with van der Waals surface area (Å²) in [5.74, 6) is 3.63. The van der Waals surface area contributed by atoms with Gasteiger partial charge in [0.15, 0.2) is 0 Å². The first kappa shape index (κ1) is 9.89. The van der Waals surface area contributed by atoms with Gasteiger partial charge in [0.25, 0.3) is 0 Å². The molecular weight excluding hydrogens is 184 g/mol. The number of allylic oxidation sites excluding steroid dienone is 1. The van der Waals surface area contributed by atoms with Crippen molar-refractivity contribution in [3.63, 3.8) is 0 Å². The van der Waals surface area contributed by atoms with Gasteiger partial charge in [0.05, 0.1) is 11.7 Å². The first-order chi connectivity index (χ1) is 7.04. The minimum Gasteiger partial charge on any atom is -0.368 e. The Labute approximate surface area is 92.9 Å². The first-order valence-corrected chi connectivity index (χ1v) is 6.41. The Kier molecular flexibility index (Phi) is 2.04. The highest BCUT2D eigenvalue weighted by Gasteiger charge is 2.52. The largest absolute Gasteiger partial charge is 0.368 e. The summed E-state index contributed by atoms with van der Waals surface area (Å²) in [6.45, 7) is 6.50. The van der Waals surface area contributed by atoms with Crippen LogP contribution in [-0.4, -0.2) is 11.7 Å². The molecule has 0 N–H and O–H groups in total. The van der Waals surface area contributed by atoms with Gasteiger partial charge in [-0.3, -0.25) is 0 Å². The van der Waals surface area contributed by atoms with Crippen molar-refractivity contribution in [3.05, 3.63) is 12.2 Å². The zero-order valence-electron chi connectivity index (χ0n) is 10.1. The SMILES string of the molecule is CC(C)(C)O[C@@H]1C=CC2C1[C@@H]1CC[C@H]2C1. The van der Waals surface area contributed by atoms with E-state index in [0.29, 0.717) is 6.10 Å². The van der Waals surface area contributed by atoms with Crippen LogP contribution in [0.2, 0.25) is 0 Å². The van der Waals surface area contributed by atoms with E-state index >= 15 is 0 Å². The van der Waals surface area contributed by atoms with Crippen LogP contribution < -0.4 is 0 Å². The van der Waals surface area contributed by atoms with Crippen molar-refractivity contribution in [2.45, 2.75) is 51.7 Å². The molecule has 2 unspecified atom stereocenters. The molecule has 2 bridgehead atoms. The lowest BCUT2D eigenvalue weighted by Gasteiger charge is -2.33. The Morgan fingerprint density at radius 3 is 2.53 bits per heavy atom. The molecule has 3 aliphatic rings. The summed E-state index contributed by atoms with van der Waals surface area (Å²) in [7, 11) is 0. The van der Waals surface area contributed by atoms with E-state index in [1.807, 2.05) is 0 Å². The summed E-state index contributed by atoms with van der Waals surface area (Å²) in [5.41, 5.74) is 0.00568. The van der Waals surface area contributed by atoms with Gasteiger partial charge in [0.2, 0.25) is 0 Å². The number of hydrogen-bond donors (Lipinski definition) is 0. The highest BCUT2D eigenvalue weighted by molar-refractivity contribution is 5.17. The smallest absolute Gasteiger partial charge is 0.0799 e. The molecule has 0 aromatic rings. The molecule has 15 heavy (non-hydrogen) atoms. The Morgan fingerprint density at radius 1 is 1.07 bits per heavy atom. The number of hydrogen-bond acceptors (Lipinski definition) is 1. The number of ether oxygens (including phenoxy) is 1. The van der Waals surface area contributed by atoms with E-state index in [-0.39, 0.29) is 5.60 Å². The maximum Gasteiger partial charge on any atom is 0.0799 e. The fourth-order valence-corrected chi connectivity index (χ4v) is 4.05.